The number of rotatable bonds is 5. The molecule has 0 fully saturated rings. The van der Waals surface area contributed by atoms with Crippen LogP contribution in [0.25, 0.3) is 10.8 Å². The van der Waals surface area contributed by atoms with Crippen LogP contribution in [0.2, 0.25) is 0 Å². The van der Waals surface area contributed by atoms with Gasteiger partial charge in [-0.2, -0.15) is 0 Å². The third-order valence-electron chi connectivity index (χ3n) is 3.68. The van der Waals surface area contributed by atoms with Crippen molar-refractivity contribution in [1.29, 1.82) is 0 Å². The van der Waals surface area contributed by atoms with Gasteiger partial charge in [-0.15, -0.1) is 0 Å². The van der Waals surface area contributed by atoms with Crippen molar-refractivity contribution in [3.63, 3.8) is 0 Å². The zero-order valence-corrected chi connectivity index (χ0v) is 13.1. The summed E-state index contributed by atoms with van der Waals surface area (Å²) in [6, 6.07) is 21.6. The zero-order valence-electron chi connectivity index (χ0n) is 13.1. The van der Waals surface area contributed by atoms with Crippen LogP contribution < -0.4 is 10.1 Å². The number of carbonyl (C=O) groups excluding carboxylic acids is 1. The van der Waals surface area contributed by atoms with Crippen LogP contribution in [-0.4, -0.2) is 19.1 Å². The van der Waals surface area contributed by atoms with E-state index in [0.29, 0.717) is 18.7 Å². The van der Waals surface area contributed by atoms with Gasteiger partial charge in [0, 0.05) is 10.9 Å². The summed E-state index contributed by atoms with van der Waals surface area (Å²) in [5.41, 5.74) is 1.75. The van der Waals surface area contributed by atoms with Crippen molar-refractivity contribution in [1.82, 2.24) is 5.32 Å². The molecular formula is C20H19NO2. The molecule has 0 bridgehead atoms. The summed E-state index contributed by atoms with van der Waals surface area (Å²) in [5.74, 6) is 0.767. The molecule has 0 radical (unpaired) electrons. The molecule has 1 amide bonds. The fraction of sp³-hybridized carbons (Fsp3) is 0.150. The second kappa shape index (κ2) is 6.97. The number of amides is 1. The van der Waals surface area contributed by atoms with Crippen molar-refractivity contribution in [2.75, 3.05) is 13.2 Å². The normalized spacial score (nSPS) is 10.5. The minimum absolute atomic E-state index is 0.0739. The summed E-state index contributed by atoms with van der Waals surface area (Å²) in [6.07, 6.45) is 0. The van der Waals surface area contributed by atoms with Crippen molar-refractivity contribution in [2.45, 2.75) is 6.92 Å². The van der Waals surface area contributed by atoms with E-state index in [-0.39, 0.29) is 5.91 Å². The third-order valence-corrected chi connectivity index (χ3v) is 3.68. The zero-order chi connectivity index (χ0) is 16.1. The van der Waals surface area contributed by atoms with Crippen LogP contribution in [0.4, 0.5) is 0 Å². The molecule has 23 heavy (non-hydrogen) atoms. The third kappa shape index (κ3) is 3.69. The molecule has 3 aromatic rings. The quantitative estimate of drug-likeness (QED) is 0.725. The van der Waals surface area contributed by atoms with E-state index >= 15 is 0 Å². The van der Waals surface area contributed by atoms with Crippen molar-refractivity contribution in [2.24, 2.45) is 0 Å². The van der Waals surface area contributed by atoms with E-state index in [1.807, 2.05) is 61.5 Å². The summed E-state index contributed by atoms with van der Waals surface area (Å²) in [6.45, 7) is 2.88. The van der Waals surface area contributed by atoms with Gasteiger partial charge in [0.2, 0.25) is 0 Å². The lowest BCUT2D eigenvalue weighted by atomic mass is 10.1. The maximum absolute atomic E-state index is 12.1. The topological polar surface area (TPSA) is 38.3 Å². The van der Waals surface area contributed by atoms with Gasteiger partial charge in [-0.05, 0) is 30.5 Å². The van der Waals surface area contributed by atoms with Crippen LogP contribution in [-0.2, 0) is 0 Å². The van der Waals surface area contributed by atoms with Crippen LogP contribution >= 0.6 is 0 Å². The molecule has 1 N–H and O–H groups in total. The molecule has 116 valence electrons. The molecule has 0 saturated heterocycles. The van der Waals surface area contributed by atoms with Crippen LogP contribution in [0.15, 0.2) is 66.7 Å². The van der Waals surface area contributed by atoms with Gasteiger partial charge in [-0.3, -0.25) is 4.79 Å². The van der Waals surface area contributed by atoms with Crippen LogP contribution in [0, 0.1) is 6.92 Å². The van der Waals surface area contributed by atoms with Gasteiger partial charge < -0.3 is 10.1 Å². The first-order chi connectivity index (χ1) is 11.2. The van der Waals surface area contributed by atoms with Gasteiger partial charge >= 0.3 is 0 Å². The first kappa shape index (κ1) is 15.1. The number of aryl methyl sites for hydroxylation is 1. The molecule has 0 unspecified atom stereocenters. The molecule has 0 aromatic heterocycles. The molecule has 0 saturated carbocycles. The summed E-state index contributed by atoms with van der Waals surface area (Å²) in [5, 5.41) is 5.11. The Kier molecular flexibility index (Phi) is 4.57. The highest BCUT2D eigenvalue weighted by atomic mass is 16.5. The number of ether oxygens (including phenoxy) is 1. The van der Waals surface area contributed by atoms with E-state index in [2.05, 4.69) is 17.4 Å². The minimum atomic E-state index is -0.0739. The maximum Gasteiger partial charge on any atom is 0.251 e. The highest BCUT2D eigenvalue weighted by molar-refractivity contribution is 5.94. The monoisotopic (exact) mass is 305 g/mol. The van der Waals surface area contributed by atoms with E-state index < -0.39 is 0 Å². The highest BCUT2D eigenvalue weighted by Crippen LogP contribution is 2.24. The van der Waals surface area contributed by atoms with E-state index in [4.69, 9.17) is 4.74 Å². The van der Waals surface area contributed by atoms with Crippen LogP contribution in [0.1, 0.15) is 15.9 Å². The van der Waals surface area contributed by atoms with Crippen LogP contribution in [0.5, 0.6) is 5.75 Å². The smallest absolute Gasteiger partial charge is 0.251 e. The fourth-order valence-corrected chi connectivity index (χ4v) is 2.54. The molecular weight excluding hydrogens is 286 g/mol. The molecule has 0 aliphatic rings. The fourth-order valence-electron chi connectivity index (χ4n) is 2.54. The summed E-state index contributed by atoms with van der Waals surface area (Å²) in [4.78, 5) is 12.1. The van der Waals surface area contributed by atoms with Gasteiger partial charge in [0.15, 0.2) is 0 Å². The standard InChI is InChI=1S/C20H19NO2/c1-15-6-4-9-17(14-15)20(22)21-12-13-23-19-11-5-8-16-7-2-3-10-18(16)19/h2-11,14H,12-13H2,1H3,(H,21,22). The second-order valence-corrected chi connectivity index (χ2v) is 5.45. The van der Waals surface area contributed by atoms with Gasteiger partial charge in [0.25, 0.3) is 5.91 Å². The number of nitrogens with one attached hydrogen (secondary N) is 1. The number of benzene rings is 3. The average molecular weight is 305 g/mol. The summed E-state index contributed by atoms with van der Waals surface area (Å²) >= 11 is 0. The Labute approximate surface area is 135 Å². The van der Waals surface area contributed by atoms with Crippen molar-refractivity contribution in [3.05, 3.63) is 77.9 Å². The Morgan fingerprint density at radius 3 is 2.65 bits per heavy atom. The van der Waals surface area contributed by atoms with Gasteiger partial charge in [0.05, 0.1) is 6.54 Å². The molecule has 0 aliphatic carbocycles. The number of hydrogen-bond acceptors (Lipinski definition) is 2. The van der Waals surface area contributed by atoms with Gasteiger partial charge in [-0.1, -0.05) is 54.1 Å². The molecule has 0 aliphatic heterocycles. The molecule has 3 heteroatoms. The first-order valence-corrected chi connectivity index (χ1v) is 7.69. The molecule has 0 atom stereocenters. The largest absolute Gasteiger partial charge is 0.491 e. The Hall–Kier alpha value is -2.81. The Bertz CT molecular complexity index is 821. The predicted molar refractivity (Wildman–Crippen MR) is 93.0 cm³/mol. The Balaban J connectivity index is 1.56. The second-order valence-electron chi connectivity index (χ2n) is 5.45. The molecule has 0 spiro atoms. The highest BCUT2D eigenvalue weighted by Gasteiger charge is 2.05. The van der Waals surface area contributed by atoms with E-state index in [1.165, 1.54) is 0 Å². The number of fused-ring (bicyclic) bond motifs is 1. The lowest BCUT2D eigenvalue weighted by Gasteiger charge is -2.10. The molecule has 0 heterocycles. The SMILES string of the molecule is Cc1cccc(C(=O)NCCOc2cccc3ccccc23)c1. The lowest BCUT2D eigenvalue weighted by Crippen LogP contribution is -2.28. The van der Waals surface area contributed by atoms with E-state index in [9.17, 15) is 4.79 Å². The van der Waals surface area contributed by atoms with Crippen LogP contribution in [0.3, 0.4) is 0 Å². The van der Waals surface area contributed by atoms with Crippen molar-refractivity contribution >= 4 is 16.7 Å². The maximum atomic E-state index is 12.1. The molecule has 3 nitrogen and oxygen atoms in total. The van der Waals surface area contributed by atoms with Crippen molar-refractivity contribution < 1.29 is 9.53 Å². The van der Waals surface area contributed by atoms with E-state index in [1.54, 1.807) is 0 Å². The minimum Gasteiger partial charge on any atom is -0.491 e. The molecule has 3 aromatic carbocycles. The average Bonchev–Trinajstić information content (AvgIpc) is 2.58. The summed E-state index contributed by atoms with van der Waals surface area (Å²) < 4.78 is 5.81. The van der Waals surface area contributed by atoms with Gasteiger partial charge in [-0.25, -0.2) is 0 Å². The van der Waals surface area contributed by atoms with Gasteiger partial charge in [0.1, 0.15) is 12.4 Å². The number of carbonyl (C=O) groups is 1. The summed E-state index contributed by atoms with van der Waals surface area (Å²) in [7, 11) is 0. The Morgan fingerprint density at radius 1 is 1.00 bits per heavy atom. The van der Waals surface area contributed by atoms with Crippen molar-refractivity contribution in [3.8, 4) is 5.75 Å². The Morgan fingerprint density at radius 2 is 1.78 bits per heavy atom. The van der Waals surface area contributed by atoms with E-state index in [0.717, 1.165) is 22.1 Å². The first-order valence-electron chi connectivity index (χ1n) is 7.69. The molecule has 3 rings (SSSR count). The lowest BCUT2D eigenvalue weighted by molar-refractivity contribution is 0.0947. The predicted octanol–water partition coefficient (Wildman–Crippen LogP) is 3.96. The number of hydrogen-bond donors (Lipinski definition) is 1.